The van der Waals surface area contributed by atoms with Gasteiger partial charge < -0.3 is 14.5 Å². The van der Waals surface area contributed by atoms with E-state index in [2.05, 4.69) is 10.1 Å². The number of H-pyrrole nitrogens is 1. The number of fused-ring (bicyclic) bond motifs is 1. The van der Waals surface area contributed by atoms with Gasteiger partial charge in [-0.15, -0.1) is 4.68 Å². The Labute approximate surface area is 186 Å². The van der Waals surface area contributed by atoms with Crippen molar-refractivity contribution in [2.24, 2.45) is 5.10 Å². The van der Waals surface area contributed by atoms with Crippen LogP contribution in [-0.2, 0) is 6.61 Å². The Bertz CT molecular complexity index is 1470. The fraction of sp³-hybridized carbons (Fsp3) is 0.0870. The molecule has 0 saturated heterocycles. The summed E-state index contributed by atoms with van der Waals surface area (Å²) in [4.78, 5) is 38.0. The zero-order valence-electron chi connectivity index (χ0n) is 17.4. The molecule has 33 heavy (non-hydrogen) atoms. The van der Waals surface area contributed by atoms with Crippen LogP contribution in [0.1, 0.15) is 11.1 Å². The Kier molecular flexibility index (Phi) is 5.98. The molecule has 0 aliphatic heterocycles. The maximum Gasteiger partial charge on any atom is 0.349 e. The van der Waals surface area contributed by atoms with Crippen LogP contribution < -0.4 is 20.7 Å². The maximum absolute atomic E-state index is 12.7. The summed E-state index contributed by atoms with van der Waals surface area (Å²) in [6, 6.07) is 17.7. The molecule has 3 aromatic carbocycles. The lowest BCUT2D eigenvalue weighted by Gasteiger charge is -2.13. The largest absolute Gasteiger partial charge is 0.493 e. The molecule has 1 heterocycles. The predicted molar refractivity (Wildman–Crippen MR) is 122 cm³/mol. The van der Waals surface area contributed by atoms with Crippen molar-refractivity contribution in [3.63, 3.8) is 0 Å². The number of aromatic amines is 1. The van der Waals surface area contributed by atoms with E-state index in [1.165, 1.54) is 25.5 Å². The molecule has 1 N–H and O–H groups in total. The summed E-state index contributed by atoms with van der Waals surface area (Å²) in [6.45, 7) is 0.107. The summed E-state index contributed by atoms with van der Waals surface area (Å²) < 4.78 is 12.0. The van der Waals surface area contributed by atoms with Gasteiger partial charge in [-0.3, -0.25) is 14.9 Å². The molecule has 0 aliphatic carbocycles. The zero-order valence-corrected chi connectivity index (χ0v) is 17.4. The zero-order chi connectivity index (χ0) is 23.4. The monoisotopic (exact) mass is 446 g/mol. The first kappa shape index (κ1) is 21.5. The smallest absolute Gasteiger partial charge is 0.349 e. The minimum atomic E-state index is -0.675. The van der Waals surface area contributed by atoms with E-state index in [0.717, 1.165) is 4.68 Å². The van der Waals surface area contributed by atoms with E-state index in [4.69, 9.17) is 9.47 Å². The van der Waals surface area contributed by atoms with Gasteiger partial charge in [-0.25, -0.2) is 4.79 Å². The van der Waals surface area contributed by atoms with E-state index in [0.29, 0.717) is 33.5 Å². The van der Waals surface area contributed by atoms with Crippen molar-refractivity contribution < 1.29 is 14.4 Å². The molecule has 4 rings (SSSR count). The number of nitro groups is 1. The van der Waals surface area contributed by atoms with Crippen LogP contribution >= 0.6 is 0 Å². The number of benzene rings is 3. The van der Waals surface area contributed by atoms with Gasteiger partial charge in [0.25, 0.3) is 11.2 Å². The van der Waals surface area contributed by atoms with Crippen molar-refractivity contribution >= 4 is 22.8 Å². The second-order valence-electron chi connectivity index (χ2n) is 6.93. The van der Waals surface area contributed by atoms with E-state index in [1.54, 1.807) is 54.6 Å². The number of nitrogens with one attached hydrogen (secondary N) is 1. The summed E-state index contributed by atoms with van der Waals surface area (Å²) >= 11 is 0. The second-order valence-corrected chi connectivity index (χ2v) is 6.93. The number of methoxy groups -OCH3 is 1. The molecule has 0 unspecified atom stereocenters. The summed E-state index contributed by atoms with van der Waals surface area (Å²) in [5, 5.41) is 15.2. The van der Waals surface area contributed by atoms with Crippen LogP contribution in [-0.4, -0.2) is 27.9 Å². The van der Waals surface area contributed by atoms with E-state index in [1.807, 2.05) is 0 Å². The third-order valence-electron chi connectivity index (χ3n) is 4.86. The van der Waals surface area contributed by atoms with Crippen LogP contribution in [0.15, 0.2) is 81.4 Å². The molecule has 1 aromatic heterocycles. The van der Waals surface area contributed by atoms with E-state index in [9.17, 15) is 19.7 Å². The maximum atomic E-state index is 12.7. The average molecular weight is 446 g/mol. The molecule has 0 atom stereocenters. The van der Waals surface area contributed by atoms with Gasteiger partial charge in [0, 0.05) is 17.7 Å². The van der Waals surface area contributed by atoms with Crippen LogP contribution in [0.5, 0.6) is 11.5 Å². The standard InChI is InChI=1S/C23H18N4O6/c1-32-20-8-4-5-16(21(20)33-14-15-9-11-17(12-10-15)27(30)31)13-24-26-22(28)18-6-2-3-7-19(18)25-23(26)29/h2-13H,14H2,1H3,(H,25,29). The summed E-state index contributed by atoms with van der Waals surface area (Å²) in [5.74, 6) is 0.757. The lowest BCUT2D eigenvalue weighted by atomic mass is 10.2. The van der Waals surface area contributed by atoms with E-state index < -0.39 is 16.2 Å². The molecule has 0 aliphatic rings. The quantitative estimate of drug-likeness (QED) is 0.264. The number of ether oxygens (including phenoxy) is 2. The molecule has 4 aromatic rings. The fourth-order valence-corrected chi connectivity index (χ4v) is 3.20. The molecule has 0 radical (unpaired) electrons. The van der Waals surface area contributed by atoms with Crippen LogP contribution in [0, 0.1) is 10.1 Å². The molecule has 0 saturated carbocycles. The minimum Gasteiger partial charge on any atom is -0.493 e. The third-order valence-corrected chi connectivity index (χ3v) is 4.86. The average Bonchev–Trinajstić information content (AvgIpc) is 2.83. The van der Waals surface area contributed by atoms with Crippen LogP contribution in [0.3, 0.4) is 0 Å². The first-order valence-electron chi connectivity index (χ1n) is 9.79. The van der Waals surface area contributed by atoms with Gasteiger partial charge in [-0.2, -0.15) is 5.10 Å². The molecule has 0 fully saturated rings. The molecule has 166 valence electrons. The molecule has 0 spiro atoms. The van der Waals surface area contributed by atoms with Gasteiger partial charge in [0.2, 0.25) is 0 Å². The van der Waals surface area contributed by atoms with Gasteiger partial charge in [0.05, 0.1) is 29.2 Å². The van der Waals surface area contributed by atoms with E-state index >= 15 is 0 Å². The summed E-state index contributed by atoms with van der Waals surface area (Å²) in [6.07, 6.45) is 1.33. The molecule has 10 nitrogen and oxygen atoms in total. The number of hydrogen-bond donors (Lipinski definition) is 1. The van der Waals surface area contributed by atoms with Gasteiger partial charge in [-0.05, 0) is 42.0 Å². The van der Waals surface area contributed by atoms with Gasteiger partial charge in [0.15, 0.2) is 11.5 Å². The molecule has 0 bridgehead atoms. The molecular formula is C23H18N4O6. The number of nitro benzene ring substituents is 1. The van der Waals surface area contributed by atoms with Crippen molar-refractivity contribution in [3.8, 4) is 11.5 Å². The van der Waals surface area contributed by atoms with Crippen LogP contribution in [0.25, 0.3) is 10.9 Å². The molecule has 0 amide bonds. The van der Waals surface area contributed by atoms with Gasteiger partial charge >= 0.3 is 5.69 Å². The first-order chi connectivity index (χ1) is 16.0. The third kappa shape index (κ3) is 4.49. The summed E-state index contributed by atoms with van der Waals surface area (Å²) in [7, 11) is 1.48. The van der Waals surface area contributed by atoms with Crippen molar-refractivity contribution in [3.05, 3.63) is 109 Å². The highest BCUT2D eigenvalue weighted by Crippen LogP contribution is 2.31. The number of non-ortho nitro benzene ring substituents is 1. The predicted octanol–water partition coefficient (Wildman–Crippen LogP) is 3.07. The van der Waals surface area contributed by atoms with Crippen molar-refractivity contribution in [2.45, 2.75) is 6.61 Å². The van der Waals surface area contributed by atoms with Crippen LogP contribution in [0.4, 0.5) is 5.69 Å². The van der Waals surface area contributed by atoms with Crippen LogP contribution in [0.2, 0.25) is 0 Å². The number of hydrogen-bond acceptors (Lipinski definition) is 7. The topological polar surface area (TPSA) is 129 Å². The molecular weight excluding hydrogens is 428 g/mol. The summed E-state index contributed by atoms with van der Waals surface area (Å²) in [5.41, 5.74) is 0.350. The lowest BCUT2D eigenvalue weighted by molar-refractivity contribution is -0.384. The second kappa shape index (κ2) is 9.18. The fourth-order valence-electron chi connectivity index (χ4n) is 3.20. The van der Waals surface area contributed by atoms with Crippen molar-refractivity contribution in [1.29, 1.82) is 0 Å². The Morgan fingerprint density at radius 3 is 2.55 bits per heavy atom. The number of nitrogens with zero attached hydrogens (tertiary/aromatic N) is 3. The normalized spacial score (nSPS) is 11.1. The highest BCUT2D eigenvalue weighted by atomic mass is 16.6. The van der Waals surface area contributed by atoms with Gasteiger partial charge in [0.1, 0.15) is 6.61 Å². The van der Waals surface area contributed by atoms with Crippen molar-refractivity contribution in [2.75, 3.05) is 7.11 Å². The molecule has 10 heteroatoms. The number of rotatable bonds is 7. The highest BCUT2D eigenvalue weighted by molar-refractivity contribution is 5.85. The van der Waals surface area contributed by atoms with Crippen molar-refractivity contribution in [1.82, 2.24) is 9.66 Å². The minimum absolute atomic E-state index is 0.0186. The number of para-hydroxylation sites is 2. The Balaban J connectivity index is 1.66. The van der Waals surface area contributed by atoms with E-state index in [-0.39, 0.29) is 12.3 Å². The van der Waals surface area contributed by atoms with Gasteiger partial charge in [-0.1, -0.05) is 18.2 Å². The lowest BCUT2D eigenvalue weighted by Crippen LogP contribution is -2.32. The Morgan fingerprint density at radius 1 is 1.06 bits per heavy atom. The Hall–Kier alpha value is -4.73. The number of aromatic nitrogens is 2. The SMILES string of the molecule is COc1cccc(C=Nn2c(=O)[nH]c3ccccc3c2=O)c1OCc1ccc([N+](=O)[O-])cc1. The Morgan fingerprint density at radius 2 is 1.82 bits per heavy atom. The first-order valence-corrected chi connectivity index (χ1v) is 9.79. The highest BCUT2D eigenvalue weighted by Gasteiger charge is 2.12.